The van der Waals surface area contributed by atoms with E-state index in [1.54, 1.807) is 12.4 Å². The summed E-state index contributed by atoms with van der Waals surface area (Å²) in [5.41, 5.74) is 14.1. The van der Waals surface area contributed by atoms with Crippen LogP contribution in [0.2, 0.25) is 0 Å². The molecular formula is C42H30N4. The summed E-state index contributed by atoms with van der Waals surface area (Å²) in [6.45, 7) is 4.71. The molecule has 46 heavy (non-hydrogen) atoms. The third kappa shape index (κ3) is 3.55. The van der Waals surface area contributed by atoms with Crippen molar-refractivity contribution < 1.29 is 0 Å². The number of aromatic nitrogens is 4. The summed E-state index contributed by atoms with van der Waals surface area (Å²) in [7, 11) is 0. The normalized spacial score (nSPS) is 14.7. The lowest BCUT2D eigenvalue weighted by Crippen LogP contribution is -2.40. The van der Waals surface area contributed by atoms with Gasteiger partial charge in [-0.3, -0.25) is 4.98 Å². The zero-order chi connectivity index (χ0) is 30.9. The average molecular weight is 591 g/mol. The Bertz CT molecular complexity index is 2240. The third-order valence-corrected chi connectivity index (χ3v) is 9.99. The number of pyridine rings is 1. The highest BCUT2D eigenvalue weighted by molar-refractivity contribution is 5.98. The number of nitrogens with zero attached hydrogens (tertiary/aromatic N) is 4. The second kappa shape index (κ2) is 9.88. The summed E-state index contributed by atoms with van der Waals surface area (Å²) in [5.74, 6) is 0.552. The molecular weight excluding hydrogens is 560 g/mol. The minimum Gasteiger partial charge on any atom is -0.264 e. The Kier molecular flexibility index (Phi) is 5.72. The summed E-state index contributed by atoms with van der Waals surface area (Å²) in [4.78, 5) is 9.61. The first-order valence-corrected chi connectivity index (χ1v) is 15.7. The minimum absolute atomic E-state index is 0.149. The smallest absolute Gasteiger partial charge is 0.183 e. The first kappa shape index (κ1) is 26.6. The van der Waals surface area contributed by atoms with Crippen LogP contribution >= 0.6 is 0 Å². The van der Waals surface area contributed by atoms with E-state index in [-0.39, 0.29) is 5.41 Å². The molecule has 0 saturated heterocycles. The van der Waals surface area contributed by atoms with Gasteiger partial charge in [-0.25, -0.2) is 4.98 Å². The predicted molar refractivity (Wildman–Crippen MR) is 183 cm³/mol. The van der Waals surface area contributed by atoms with Gasteiger partial charge in [0.2, 0.25) is 0 Å². The molecule has 0 radical (unpaired) electrons. The molecule has 2 aliphatic carbocycles. The topological polar surface area (TPSA) is 51.6 Å². The molecule has 2 heterocycles. The van der Waals surface area contributed by atoms with Gasteiger partial charge in [0.25, 0.3) is 0 Å². The van der Waals surface area contributed by atoms with Crippen molar-refractivity contribution >= 4 is 0 Å². The predicted octanol–water partition coefficient (Wildman–Crippen LogP) is 9.27. The van der Waals surface area contributed by atoms with Crippen LogP contribution in [-0.4, -0.2) is 20.2 Å². The fourth-order valence-electron chi connectivity index (χ4n) is 8.03. The number of hydrogen-bond donors (Lipinski definition) is 0. The molecule has 0 amide bonds. The standard InChI is InChI=1S/C42H30N4/c1-41(2)32-20-8-10-22-34(32)42(35-23-11-9-21-33(35)41)31-19-7-6-17-29(31)37-30(18-12-24-36(37)42)39-38(27-14-4-3-5-15-27)45-46-40(44-39)28-16-13-25-43-26-28/h3-26H,1-2H3. The van der Waals surface area contributed by atoms with Crippen LogP contribution in [0.3, 0.4) is 0 Å². The fourth-order valence-corrected chi connectivity index (χ4v) is 8.03. The molecule has 0 atom stereocenters. The van der Waals surface area contributed by atoms with Gasteiger partial charge in [-0.1, -0.05) is 135 Å². The zero-order valence-electron chi connectivity index (χ0n) is 25.6. The molecule has 0 saturated carbocycles. The molecule has 7 aromatic rings. The summed E-state index contributed by atoms with van der Waals surface area (Å²) >= 11 is 0. The number of fused-ring (bicyclic) bond motifs is 9. The summed E-state index contributed by atoms with van der Waals surface area (Å²) in [5, 5.41) is 9.44. The molecule has 0 N–H and O–H groups in total. The van der Waals surface area contributed by atoms with Gasteiger partial charge < -0.3 is 0 Å². The minimum atomic E-state index is -0.482. The van der Waals surface area contributed by atoms with Crippen LogP contribution in [0.5, 0.6) is 0 Å². The molecule has 5 aromatic carbocycles. The molecule has 1 spiro atoms. The van der Waals surface area contributed by atoms with E-state index in [2.05, 4.69) is 127 Å². The maximum absolute atomic E-state index is 5.27. The highest BCUT2D eigenvalue weighted by Gasteiger charge is 2.53. The Labute approximate surface area is 268 Å². The molecule has 0 fully saturated rings. The highest BCUT2D eigenvalue weighted by Crippen LogP contribution is 2.63. The molecule has 4 nitrogen and oxygen atoms in total. The molecule has 2 aliphatic rings. The second-order valence-corrected chi connectivity index (χ2v) is 12.7. The Hall–Kier alpha value is -5.74. The van der Waals surface area contributed by atoms with Crippen LogP contribution in [0.15, 0.2) is 146 Å². The molecule has 4 heteroatoms. The lowest BCUT2D eigenvalue weighted by molar-refractivity contribution is 0.563. The van der Waals surface area contributed by atoms with Crippen molar-refractivity contribution in [1.82, 2.24) is 20.2 Å². The highest BCUT2D eigenvalue weighted by atomic mass is 15.2. The van der Waals surface area contributed by atoms with Gasteiger partial charge in [0.1, 0.15) is 11.4 Å². The summed E-state index contributed by atoms with van der Waals surface area (Å²) in [6, 6.07) is 47.8. The van der Waals surface area contributed by atoms with Gasteiger partial charge in [-0.15, -0.1) is 10.2 Å². The van der Waals surface area contributed by atoms with Crippen molar-refractivity contribution in [3.8, 4) is 45.0 Å². The molecule has 0 unspecified atom stereocenters. The number of benzene rings is 5. The summed E-state index contributed by atoms with van der Waals surface area (Å²) in [6.07, 6.45) is 3.55. The number of hydrogen-bond acceptors (Lipinski definition) is 4. The van der Waals surface area contributed by atoms with E-state index in [4.69, 9.17) is 10.1 Å². The molecule has 0 bridgehead atoms. The van der Waals surface area contributed by atoms with Gasteiger partial charge in [0, 0.05) is 34.5 Å². The molecule has 218 valence electrons. The van der Waals surface area contributed by atoms with Crippen molar-refractivity contribution in [1.29, 1.82) is 0 Å². The van der Waals surface area contributed by atoms with Crippen LogP contribution in [0.1, 0.15) is 47.2 Å². The lowest BCUT2D eigenvalue weighted by atomic mass is 9.55. The Morgan fingerprint density at radius 2 is 1.04 bits per heavy atom. The maximum Gasteiger partial charge on any atom is 0.183 e. The van der Waals surface area contributed by atoms with E-state index in [9.17, 15) is 0 Å². The lowest BCUT2D eigenvalue weighted by Gasteiger charge is -2.46. The van der Waals surface area contributed by atoms with E-state index in [0.717, 1.165) is 28.1 Å². The average Bonchev–Trinajstić information content (AvgIpc) is 3.43. The quantitative estimate of drug-likeness (QED) is 0.206. The van der Waals surface area contributed by atoms with E-state index in [0.29, 0.717) is 5.82 Å². The Balaban J connectivity index is 1.41. The third-order valence-electron chi connectivity index (χ3n) is 9.99. The largest absolute Gasteiger partial charge is 0.264 e. The van der Waals surface area contributed by atoms with Crippen LogP contribution in [-0.2, 0) is 10.8 Å². The van der Waals surface area contributed by atoms with Gasteiger partial charge in [0.15, 0.2) is 5.82 Å². The first-order valence-electron chi connectivity index (χ1n) is 15.7. The molecule has 0 aliphatic heterocycles. The fraction of sp³-hybridized carbons (Fsp3) is 0.0952. The van der Waals surface area contributed by atoms with Gasteiger partial charge >= 0.3 is 0 Å². The van der Waals surface area contributed by atoms with Crippen molar-refractivity contribution in [2.45, 2.75) is 24.7 Å². The van der Waals surface area contributed by atoms with Crippen molar-refractivity contribution in [3.05, 3.63) is 179 Å². The molecule has 2 aromatic heterocycles. The van der Waals surface area contributed by atoms with Crippen molar-refractivity contribution in [2.24, 2.45) is 0 Å². The first-order chi connectivity index (χ1) is 22.6. The van der Waals surface area contributed by atoms with E-state index in [1.807, 2.05) is 30.3 Å². The van der Waals surface area contributed by atoms with Crippen molar-refractivity contribution in [2.75, 3.05) is 0 Å². The summed E-state index contributed by atoms with van der Waals surface area (Å²) < 4.78 is 0. The second-order valence-electron chi connectivity index (χ2n) is 12.7. The Morgan fingerprint density at radius 1 is 0.457 bits per heavy atom. The van der Waals surface area contributed by atoms with Crippen LogP contribution in [0, 0.1) is 0 Å². The SMILES string of the molecule is CC1(C)c2ccccc2C2(c3ccccc3-c3c(-c4nc(-c5cccnc5)nnc4-c4ccccc4)cccc32)c2ccccc21. The van der Waals surface area contributed by atoms with Gasteiger partial charge in [0.05, 0.1) is 5.41 Å². The van der Waals surface area contributed by atoms with E-state index >= 15 is 0 Å². The van der Waals surface area contributed by atoms with Crippen molar-refractivity contribution in [3.63, 3.8) is 0 Å². The van der Waals surface area contributed by atoms with Gasteiger partial charge in [-0.05, 0) is 56.6 Å². The van der Waals surface area contributed by atoms with Gasteiger partial charge in [-0.2, -0.15) is 0 Å². The van der Waals surface area contributed by atoms with E-state index < -0.39 is 5.41 Å². The van der Waals surface area contributed by atoms with Crippen LogP contribution < -0.4 is 0 Å². The zero-order valence-corrected chi connectivity index (χ0v) is 25.6. The van der Waals surface area contributed by atoms with E-state index in [1.165, 1.54) is 44.5 Å². The number of rotatable bonds is 3. The molecule has 9 rings (SSSR count). The monoisotopic (exact) mass is 590 g/mol. The van der Waals surface area contributed by atoms with Crippen LogP contribution in [0.25, 0.3) is 45.0 Å². The maximum atomic E-state index is 5.27. The Morgan fingerprint density at radius 3 is 1.74 bits per heavy atom. The van der Waals surface area contributed by atoms with Crippen LogP contribution in [0.4, 0.5) is 0 Å².